The lowest BCUT2D eigenvalue weighted by molar-refractivity contribution is -0.139. The van der Waals surface area contributed by atoms with Crippen LogP contribution in [0.25, 0.3) is 0 Å². The van der Waals surface area contributed by atoms with Gasteiger partial charge in [0.05, 0.1) is 6.20 Å². The number of carbonyl (C=O) groups excluding carboxylic acids is 1. The summed E-state index contributed by atoms with van der Waals surface area (Å²) in [6, 6.07) is -0.904. The van der Waals surface area contributed by atoms with E-state index in [1.807, 2.05) is 13.8 Å². The Morgan fingerprint density at radius 2 is 1.95 bits per heavy atom. The van der Waals surface area contributed by atoms with Crippen LogP contribution >= 0.6 is 0 Å². The predicted octanol–water partition coefficient (Wildman–Crippen LogP) is 1.55. The first-order valence-corrected chi connectivity index (χ1v) is 7.23. The van der Waals surface area contributed by atoms with Gasteiger partial charge in [-0.1, -0.05) is 32.9 Å². The van der Waals surface area contributed by atoms with Crippen molar-refractivity contribution < 1.29 is 14.7 Å². The molecule has 0 fully saturated rings. The van der Waals surface area contributed by atoms with E-state index in [4.69, 9.17) is 5.11 Å². The predicted molar refractivity (Wildman–Crippen MR) is 77.8 cm³/mol. The minimum absolute atomic E-state index is 0.147. The highest BCUT2D eigenvalue weighted by Gasteiger charge is 2.23. The fourth-order valence-corrected chi connectivity index (χ4v) is 1.83. The number of carboxylic acids is 1. The van der Waals surface area contributed by atoms with Crippen molar-refractivity contribution in [1.82, 2.24) is 20.3 Å². The number of nitrogens with zero attached hydrogens (tertiary/aromatic N) is 3. The average molecular weight is 296 g/mol. The summed E-state index contributed by atoms with van der Waals surface area (Å²) in [6.07, 6.45) is 2.87. The molecule has 7 nitrogen and oxygen atoms in total. The van der Waals surface area contributed by atoms with Crippen molar-refractivity contribution in [1.29, 1.82) is 0 Å². The van der Waals surface area contributed by atoms with Crippen molar-refractivity contribution in [2.75, 3.05) is 0 Å². The van der Waals surface area contributed by atoms with Gasteiger partial charge in [-0.3, -0.25) is 9.48 Å². The molecule has 1 aromatic rings. The molecular weight excluding hydrogens is 272 g/mol. The molecule has 21 heavy (non-hydrogen) atoms. The summed E-state index contributed by atoms with van der Waals surface area (Å²) in [6.45, 7) is 8.71. The van der Waals surface area contributed by atoms with Crippen LogP contribution in [0, 0.1) is 11.8 Å². The molecule has 0 aliphatic rings. The Labute approximate surface area is 124 Å². The van der Waals surface area contributed by atoms with Crippen molar-refractivity contribution in [3.05, 3.63) is 11.9 Å². The fraction of sp³-hybridized carbons (Fsp3) is 0.714. The van der Waals surface area contributed by atoms with Gasteiger partial charge in [-0.25, -0.2) is 4.79 Å². The van der Waals surface area contributed by atoms with E-state index in [1.165, 1.54) is 0 Å². The highest BCUT2D eigenvalue weighted by molar-refractivity contribution is 5.94. The number of carboxylic acid groups (broad SMARTS) is 1. The van der Waals surface area contributed by atoms with Gasteiger partial charge in [0, 0.05) is 6.54 Å². The molecular formula is C14H24N4O3. The minimum Gasteiger partial charge on any atom is -0.480 e. The van der Waals surface area contributed by atoms with Crippen LogP contribution in [-0.2, 0) is 11.3 Å². The first kappa shape index (κ1) is 17.1. The van der Waals surface area contributed by atoms with E-state index in [1.54, 1.807) is 10.9 Å². The van der Waals surface area contributed by atoms with E-state index in [0.29, 0.717) is 18.9 Å². The summed E-state index contributed by atoms with van der Waals surface area (Å²) in [7, 11) is 0. The van der Waals surface area contributed by atoms with Gasteiger partial charge >= 0.3 is 5.97 Å². The van der Waals surface area contributed by atoms with Gasteiger partial charge < -0.3 is 10.4 Å². The molecule has 1 unspecified atom stereocenters. The average Bonchev–Trinajstić information content (AvgIpc) is 2.83. The van der Waals surface area contributed by atoms with Gasteiger partial charge in [0.1, 0.15) is 6.04 Å². The van der Waals surface area contributed by atoms with E-state index < -0.39 is 17.9 Å². The largest absolute Gasteiger partial charge is 0.480 e. The van der Waals surface area contributed by atoms with E-state index >= 15 is 0 Å². The Morgan fingerprint density at radius 1 is 1.29 bits per heavy atom. The van der Waals surface area contributed by atoms with Crippen LogP contribution in [0.3, 0.4) is 0 Å². The molecule has 0 saturated carbocycles. The molecule has 118 valence electrons. The molecule has 1 aromatic heterocycles. The molecule has 1 rings (SSSR count). The zero-order valence-corrected chi connectivity index (χ0v) is 13.0. The maximum Gasteiger partial charge on any atom is 0.326 e. The van der Waals surface area contributed by atoms with E-state index in [-0.39, 0.29) is 11.6 Å². The number of hydrogen-bond donors (Lipinski definition) is 2. The van der Waals surface area contributed by atoms with Crippen molar-refractivity contribution in [3.8, 4) is 0 Å². The van der Waals surface area contributed by atoms with Crippen LogP contribution in [0.5, 0.6) is 0 Å². The van der Waals surface area contributed by atoms with Gasteiger partial charge in [-0.05, 0) is 24.7 Å². The third kappa shape index (κ3) is 5.93. The molecule has 0 aliphatic carbocycles. The van der Waals surface area contributed by atoms with Crippen LogP contribution in [-0.4, -0.2) is 38.0 Å². The zero-order chi connectivity index (χ0) is 16.0. The van der Waals surface area contributed by atoms with E-state index in [0.717, 1.165) is 6.42 Å². The minimum atomic E-state index is -1.04. The summed E-state index contributed by atoms with van der Waals surface area (Å²) in [4.78, 5) is 23.1. The van der Waals surface area contributed by atoms with Gasteiger partial charge in [0.2, 0.25) is 0 Å². The summed E-state index contributed by atoms with van der Waals surface area (Å²) in [5.41, 5.74) is 0.147. The molecule has 2 N–H and O–H groups in total. The Morgan fingerprint density at radius 3 is 2.48 bits per heavy atom. The van der Waals surface area contributed by atoms with Crippen molar-refractivity contribution >= 4 is 11.9 Å². The molecule has 0 aliphatic heterocycles. The van der Waals surface area contributed by atoms with Gasteiger partial charge in [0.25, 0.3) is 5.91 Å². The molecule has 0 aromatic carbocycles. The topological polar surface area (TPSA) is 97.1 Å². The van der Waals surface area contributed by atoms with E-state index in [9.17, 15) is 9.59 Å². The Balaban J connectivity index is 2.63. The number of aliphatic carboxylic acids is 1. The maximum absolute atomic E-state index is 12.0. The summed E-state index contributed by atoms with van der Waals surface area (Å²) >= 11 is 0. The van der Waals surface area contributed by atoms with Gasteiger partial charge in [-0.15, -0.1) is 5.10 Å². The smallest absolute Gasteiger partial charge is 0.326 e. The molecule has 0 bridgehead atoms. The number of carbonyl (C=O) groups is 2. The monoisotopic (exact) mass is 296 g/mol. The second kappa shape index (κ2) is 7.75. The Bertz CT molecular complexity index is 482. The van der Waals surface area contributed by atoms with Crippen LogP contribution in [0.4, 0.5) is 0 Å². The van der Waals surface area contributed by atoms with Gasteiger partial charge in [0.15, 0.2) is 5.69 Å². The van der Waals surface area contributed by atoms with Crippen LogP contribution in [0.15, 0.2) is 6.20 Å². The fourth-order valence-electron chi connectivity index (χ4n) is 1.83. The maximum atomic E-state index is 12.0. The first-order chi connectivity index (χ1) is 9.79. The zero-order valence-electron chi connectivity index (χ0n) is 13.0. The number of aryl methyl sites for hydroxylation is 1. The molecule has 1 atom stereocenters. The highest BCUT2D eigenvalue weighted by Crippen LogP contribution is 2.07. The third-order valence-corrected chi connectivity index (χ3v) is 3.02. The molecule has 0 radical (unpaired) electrons. The van der Waals surface area contributed by atoms with Crippen molar-refractivity contribution in [3.63, 3.8) is 0 Å². The third-order valence-electron chi connectivity index (χ3n) is 3.02. The lowest BCUT2D eigenvalue weighted by atomic mass is 10.0. The molecule has 1 heterocycles. The SMILES string of the molecule is CC(C)CCn1cc(C(=O)NC(CC(C)C)C(=O)O)nn1. The second-order valence-corrected chi connectivity index (χ2v) is 6.04. The number of aromatic nitrogens is 3. The highest BCUT2D eigenvalue weighted by atomic mass is 16.4. The molecule has 1 amide bonds. The lowest BCUT2D eigenvalue weighted by Crippen LogP contribution is -2.41. The van der Waals surface area contributed by atoms with E-state index in [2.05, 4.69) is 29.5 Å². The van der Waals surface area contributed by atoms with Crippen LogP contribution < -0.4 is 5.32 Å². The number of amides is 1. The molecule has 0 saturated heterocycles. The first-order valence-electron chi connectivity index (χ1n) is 7.23. The molecule has 0 spiro atoms. The number of rotatable bonds is 8. The normalized spacial score (nSPS) is 12.7. The molecule has 7 heteroatoms. The van der Waals surface area contributed by atoms with Crippen LogP contribution in [0.1, 0.15) is 51.0 Å². The number of nitrogens with one attached hydrogen (secondary N) is 1. The Hall–Kier alpha value is -1.92. The quantitative estimate of drug-likeness (QED) is 0.758. The number of hydrogen-bond acceptors (Lipinski definition) is 4. The Kier molecular flexibility index (Phi) is 6.33. The summed E-state index contributed by atoms with van der Waals surface area (Å²) in [5.74, 6) is -0.829. The van der Waals surface area contributed by atoms with Crippen molar-refractivity contribution in [2.24, 2.45) is 11.8 Å². The van der Waals surface area contributed by atoms with Crippen LogP contribution in [0.2, 0.25) is 0 Å². The van der Waals surface area contributed by atoms with Crippen molar-refractivity contribution in [2.45, 2.75) is 53.1 Å². The lowest BCUT2D eigenvalue weighted by Gasteiger charge is -2.15. The summed E-state index contributed by atoms with van der Waals surface area (Å²) in [5, 5.41) is 19.3. The van der Waals surface area contributed by atoms with Gasteiger partial charge in [-0.2, -0.15) is 0 Å². The second-order valence-electron chi connectivity index (χ2n) is 6.04. The summed E-state index contributed by atoms with van der Waals surface area (Å²) < 4.78 is 1.60. The standard InChI is InChI=1S/C14H24N4O3/c1-9(2)5-6-18-8-12(16-17-18)13(19)15-11(14(20)21)7-10(3)4/h8-11H,5-7H2,1-4H3,(H,15,19)(H,20,21).